The number of allylic oxidation sites excluding steroid dienone is 1. The molecule has 2 rings (SSSR count). The summed E-state index contributed by atoms with van der Waals surface area (Å²) in [6.45, 7) is 2.65. The largest absolute Gasteiger partial charge is 0.497 e. The first-order chi connectivity index (χ1) is 5.77. The van der Waals surface area contributed by atoms with E-state index >= 15 is 0 Å². The summed E-state index contributed by atoms with van der Waals surface area (Å²) in [5, 5.41) is 0. The molecule has 3 nitrogen and oxygen atoms in total. The van der Waals surface area contributed by atoms with Crippen LogP contribution in [0.3, 0.4) is 0 Å². The summed E-state index contributed by atoms with van der Waals surface area (Å²) < 4.78 is 10.3. The van der Waals surface area contributed by atoms with Gasteiger partial charge in [-0.1, -0.05) is 0 Å². The van der Waals surface area contributed by atoms with Gasteiger partial charge in [0.15, 0.2) is 0 Å². The molecule has 1 atom stereocenters. The first-order valence-corrected chi connectivity index (χ1v) is 4.33. The van der Waals surface area contributed by atoms with Gasteiger partial charge < -0.3 is 9.47 Å². The molecule has 3 heteroatoms. The van der Waals surface area contributed by atoms with E-state index in [4.69, 9.17) is 9.47 Å². The fourth-order valence-corrected chi connectivity index (χ4v) is 1.63. The SMILES string of the molecule is CC1C/C(=C2\CCCO2)C(=O)O1. The van der Waals surface area contributed by atoms with Crippen molar-refractivity contribution in [1.82, 2.24) is 0 Å². The fourth-order valence-electron chi connectivity index (χ4n) is 1.63. The van der Waals surface area contributed by atoms with Gasteiger partial charge in [-0.15, -0.1) is 0 Å². The molecule has 0 radical (unpaired) electrons. The van der Waals surface area contributed by atoms with Gasteiger partial charge in [0.25, 0.3) is 0 Å². The highest BCUT2D eigenvalue weighted by molar-refractivity contribution is 5.91. The number of ether oxygens (including phenoxy) is 2. The van der Waals surface area contributed by atoms with Crippen molar-refractivity contribution < 1.29 is 14.3 Å². The Bertz CT molecular complexity index is 234. The zero-order chi connectivity index (χ0) is 8.55. The smallest absolute Gasteiger partial charge is 0.337 e. The lowest BCUT2D eigenvalue weighted by molar-refractivity contribution is -0.138. The topological polar surface area (TPSA) is 35.5 Å². The van der Waals surface area contributed by atoms with Crippen LogP contribution >= 0.6 is 0 Å². The van der Waals surface area contributed by atoms with E-state index in [9.17, 15) is 4.79 Å². The first-order valence-electron chi connectivity index (χ1n) is 4.33. The number of carbonyl (C=O) groups is 1. The zero-order valence-corrected chi connectivity index (χ0v) is 7.13. The molecule has 0 N–H and O–H groups in total. The molecule has 0 saturated carbocycles. The summed E-state index contributed by atoms with van der Waals surface area (Å²) in [7, 11) is 0. The van der Waals surface area contributed by atoms with Crippen molar-refractivity contribution in [3.05, 3.63) is 11.3 Å². The maximum atomic E-state index is 11.2. The molecule has 0 aromatic carbocycles. The van der Waals surface area contributed by atoms with Crippen molar-refractivity contribution in [2.75, 3.05) is 6.61 Å². The van der Waals surface area contributed by atoms with Crippen molar-refractivity contribution in [2.45, 2.75) is 32.3 Å². The normalized spacial score (nSPS) is 35.1. The lowest BCUT2D eigenvalue weighted by Crippen LogP contribution is -2.00. The highest BCUT2D eigenvalue weighted by Gasteiger charge is 2.30. The highest BCUT2D eigenvalue weighted by Crippen LogP contribution is 2.28. The van der Waals surface area contributed by atoms with E-state index in [1.165, 1.54) is 0 Å². The van der Waals surface area contributed by atoms with Crippen LogP contribution in [0, 0.1) is 0 Å². The summed E-state index contributed by atoms with van der Waals surface area (Å²) >= 11 is 0. The van der Waals surface area contributed by atoms with Crippen LogP contribution in [0.4, 0.5) is 0 Å². The zero-order valence-electron chi connectivity index (χ0n) is 7.13. The van der Waals surface area contributed by atoms with Crippen molar-refractivity contribution in [1.29, 1.82) is 0 Å². The molecular formula is C9H12O3. The molecular weight excluding hydrogens is 156 g/mol. The van der Waals surface area contributed by atoms with Crippen molar-refractivity contribution in [3.63, 3.8) is 0 Å². The van der Waals surface area contributed by atoms with Crippen LogP contribution < -0.4 is 0 Å². The maximum Gasteiger partial charge on any atom is 0.337 e. The molecule has 0 aromatic rings. The molecule has 2 saturated heterocycles. The van der Waals surface area contributed by atoms with Gasteiger partial charge in [-0.3, -0.25) is 0 Å². The van der Waals surface area contributed by atoms with Crippen LogP contribution in [0.2, 0.25) is 0 Å². The molecule has 0 bridgehead atoms. The Kier molecular flexibility index (Phi) is 1.79. The second-order valence-corrected chi connectivity index (χ2v) is 3.27. The number of hydrogen-bond donors (Lipinski definition) is 0. The van der Waals surface area contributed by atoms with E-state index in [-0.39, 0.29) is 12.1 Å². The summed E-state index contributed by atoms with van der Waals surface area (Å²) in [6, 6.07) is 0. The van der Waals surface area contributed by atoms with E-state index in [1.807, 2.05) is 6.92 Å². The maximum absolute atomic E-state index is 11.2. The standard InChI is InChI=1S/C9H12O3/c1-6-5-7(9(10)12-6)8-3-2-4-11-8/h6H,2-5H2,1H3/b8-7-. The Balaban J connectivity index is 2.22. The number of esters is 1. The fraction of sp³-hybridized carbons (Fsp3) is 0.667. The van der Waals surface area contributed by atoms with Crippen LogP contribution in [0.25, 0.3) is 0 Å². The van der Waals surface area contributed by atoms with Gasteiger partial charge in [0, 0.05) is 12.8 Å². The summed E-state index contributed by atoms with van der Waals surface area (Å²) in [6.07, 6.45) is 2.68. The monoisotopic (exact) mass is 168 g/mol. The van der Waals surface area contributed by atoms with Gasteiger partial charge in [-0.25, -0.2) is 4.79 Å². The first kappa shape index (κ1) is 7.65. The third kappa shape index (κ3) is 1.19. The van der Waals surface area contributed by atoms with E-state index < -0.39 is 0 Å². The minimum absolute atomic E-state index is 0.0317. The summed E-state index contributed by atoms with van der Waals surface area (Å²) in [4.78, 5) is 11.2. The van der Waals surface area contributed by atoms with Gasteiger partial charge in [0.2, 0.25) is 0 Å². The Morgan fingerprint density at radius 2 is 2.33 bits per heavy atom. The van der Waals surface area contributed by atoms with Crippen LogP contribution in [-0.2, 0) is 14.3 Å². The molecule has 66 valence electrons. The number of rotatable bonds is 0. The predicted molar refractivity (Wildman–Crippen MR) is 42.4 cm³/mol. The average Bonchev–Trinajstić information content (AvgIpc) is 2.58. The van der Waals surface area contributed by atoms with Gasteiger partial charge in [0.1, 0.15) is 11.9 Å². The van der Waals surface area contributed by atoms with E-state index in [1.54, 1.807) is 0 Å². The lowest BCUT2D eigenvalue weighted by atomic mass is 10.1. The van der Waals surface area contributed by atoms with Crippen LogP contribution in [0.1, 0.15) is 26.2 Å². The molecule has 12 heavy (non-hydrogen) atoms. The Morgan fingerprint density at radius 1 is 1.50 bits per heavy atom. The van der Waals surface area contributed by atoms with Gasteiger partial charge in [0.05, 0.1) is 12.2 Å². The van der Waals surface area contributed by atoms with E-state index in [2.05, 4.69) is 0 Å². The molecule has 2 heterocycles. The number of hydrogen-bond acceptors (Lipinski definition) is 3. The number of carbonyl (C=O) groups excluding carboxylic acids is 1. The molecule has 0 amide bonds. The second-order valence-electron chi connectivity index (χ2n) is 3.27. The van der Waals surface area contributed by atoms with E-state index in [0.717, 1.165) is 30.8 Å². The highest BCUT2D eigenvalue weighted by atomic mass is 16.6. The predicted octanol–water partition coefficient (Wildman–Crippen LogP) is 1.39. The third-order valence-electron chi connectivity index (χ3n) is 2.21. The molecule has 1 unspecified atom stereocenters. The lowest BCUT2D eigenvalue weighted by Gasteiger charge is -1.99. The minimum atomic E-state index is -0.181. The molecule has 0 aromatic heterocycles. The summed E-state index contributed by atoms with van der Waals surface area (Å²) in [5.74, 6) is 0.684. The molecule has 0 spiro atoms. The second kappa shape index (κ2) is 2.81. The Hall–Kier alpha value is -0.990. The average molecular weight is 168 g/mol. The van der Waals surface area contributed by atoms with Crippen molar-refractivity contribution in [3.8, 4) is 0 Å². The molecule has 2 aliphatic heterocycles. The molecule has 2 aliphatic rings. The third-order valence-corrected chi connectivity index (χ3v) is 2.21. The van der Waals surface area contributed by atoms with Crippen LogP contribution in [0.15, 0.2) is 11.3 Å². The summed E-state index contributed by atoms with van der Waals surface area (Å²) in [5.41, 5.74) is 0.764. The van der Waals surface area contributed by atoms with Gasteiger partial charge in [-0.2, -0.15) is 0 Å². The number of cyclic esters (lactones) is 1. The van der Waals surface area contributed by atoms with Crippen LogP contribution in [-0.4, -0.2) is 18.7 Å². The molecule has 2 fully saturated rings. The Morgan fingerprint density at radius 3 is 2.83 bits per heavy atom. The minimum Gasteiger partial charge on any atom is -0.497 e. The van der Waals surface area contributed by atoms with Gasteiger partial charge in [-0.05, 0) is 13.3 Å². The Labute approximate surface area is 71.3 Å². The quantitative estimate of drug-likeness (QED) is 0.405. The molecule has 0 aliphatic carbocycles. The van der Waals surface area contributed by atoms with Crippen LogP contribution in [0.5, 0.6) is 0 Å². The van der Waals surface area contributed by atoms with Crippen molar-refractivity contribution in [2.24, 2.45) is 0 Å². The van der Waals surface area contributed by atoms with E-state index in [0.29, 0.717) is 6.42 Å². The van der Waals surface area contributed by atoms with Gasteiger partial charge >= 0.3 is 5.97 Å². The van der Waals surface area contributed by atoms with Crippen molar-refractivity contribution >= 4 is 5.97 Å².